The summed E-state index contributed by atoms with van der Waals surface area (Å²) in [6.45, 7) is -0.243. The van der Waals surface area contributed by atoms with Gasteiger partial charge in [-0.3, -0.25) is 14.9 Å². The van der Waals surface area contributed by atoms with Crippen LogP contribution in [0.4, 0.5) is 5.13 Å². The van der Waals surface area contributed by atoms with Crippen LogP contribution in [0.25, 0.3) is 10.8 Å². The van der Waals surface area contributed by atoms with E-state index in [4.69, 9.17) is 9.47 Å². The normalized spacial score (nSPS) is 13.6. The van der Waals surface area contributed by atoms with Gasteiger partial charge >= 0.3 is 0 Å². The van der Waals surface area contributed by atoms with Crippen LogP contribution in [-0.2, 0) is 11.3 Å². The number of ether oxygens (including phenoxy) is 2. The van der Waals surface area contributed by atoms with Crippen LogP contribution in [0.5, 0.6) is 11.5 Å². The lowest BCUT2D eigenvalue weighted by atomic mass is 10.1. The number of nitrogens with one attached hydrogen (secondary N) is 1. The number of hydrogen-bond acceptors (Lipinski definition) is 8. The average molecular weight is 387 g/mol. The maximum Gasteiger partial charge on any atom is 0.279 e. The number of nitrogens with zero attached hydrogens (tertiary/aromatic N) is 4. The number of methoxy groups -OCH3 is 2. The lowest BCUT2D eigenvalue weighted by molar-refractivity contribution is -0.117. The highest BCUT2D eigenvalue weighted by Gasteiger charge is 2.27. The molecule has 1 aliphatic rings. The molecule has 1 fully saturated rings. The van der Waals surface area contributed by atoms with Crippen LogP contribution >= 0.6 is 11.3 Å². The van der Waals surface area contributed by atoms with Crippen LogP contribution < -0.4 is 20.3 Å². The molecule has 1 amide bonds. The van der Waals surface area contributed by atoms with Crippen molar-refractivity contribution in [2.75, 3.05) is 19.5 Å². The highest BCUT2D eigenvalue weighted by atomic mass is 32.1. The SMILES string of the molecule is COc1ccc2cnn(CC(=O)Nc3nnc(C4CC4)s3)c(=O)c2c1OC. The van der Waals surface area contributed by atoms with Gasteiger partial charge in [-0.05, 0) is 25.0 Å². The zero-order chi connectivity index (χ0) is 19.0. The Balaban J connectivity index is 1.60. The minimum atomic E-state index is -0.436. The third-order valence-corrected chi connectivity index (χ3v) is 5.27. The minimum Gasteiger partial charge on any atom is -0.493 e. The molecular weight excluding hydrogens is 370 g/mol. The molecule has 2 heterocycles. The summed E-state index contributed by atoms with van der Waals surface area (Å²) in [7, 11) is 2.95. The number of amides is 1. The van der Waals surface area contributed by atoms with E-state index in [9.17, 15) is 9.59 Å². The molecule has 2 aromatic heterocycles. The van der Waals surface area contributed by atoms with Crippen LogP contribution in [0.3, 0.4) is 0 Å². The fourth-order valence-corrected chi connectivity index (χ4v) is 3.70. The molecule has 0 aliphatic heterocycles. The van der Waals surface area contributed by atoms with E-state index in [0.717, 1.165) is 22.5 Å². The summed E-state index contributed by atoms with van der Waals surface area (Å²) in [4.78, 5) is 25.1. The summed E-state index contributed by atoms with van der Waals surface area (Å²) in [5, 5.41) is 17.1. The van der Waals surface area contributed by atoms with Gasteiger partial charge in [-0.25, -0.2) is 4.68 Å². The number of aromatic nitrogens is 4. The van der Waals surface area contributed by atoms with Crippen LogP contribution in [0.15, 0.2) is 23.1 Å². The number of hydrogen-bond donors (Lipinski definition) is 1. The molecule has 0 atom stereocenters. The summed E-state index contributed by atoms with van der Waals surface area (Å²) in [6.07, 6.45) is 3.75. The van der Waals surface area contributed by atoms with E-state index in [-0.39, 0.29) is 6.54 Å². The molecule has 0 radical (unpaired) electrons. The highest BCUT2D eigenvalue weighted by molar-refractivity contribution is 7.15. The standard InChI is InChI=1S/C17H17N5O4S/c1-25-11-6-5-10-7-18-22(16(24)13(10)14(11)26-2)8-12(23)19-17-21-20-15(27-17)9-3-4-9/h5-7,9H,3-4,8H2,1-2H3,(H,19,21,23). The molecule has 0 bridgehead atoms. The topological polar surface area (TPSA) is 108 Å². The lowest BCUT2D eigenvalue weighted by Gasteiger charge is -2.11. The predicted octanol–water partition coefficient (Wildman–Crippen LogP) is 1.78. The van der Waals surface area contributed by atoms with Crippen molar-refractivity contribution in [2.45, 2.75) is 25.3 Å². The van der Waals surface area contributed by atoms with Gasteiger partial charge in [0.25, 0.3) is 5.56 Å². The van der Waals surface area contributed by atoms with E-state index < -0.39 is 11.5 Å². The Morgan fingerprint density at radius 1 is 1.30 bits per heavy atom. The van der Waals surface area contributed by atoms with Crippen molar-refractivity contribution in [2.24, 2.45) is 0 Å². The van der Waals surface area contributed by atoms with Gasteiger partial charge in [0.15, 0.2) is 11.5 Å². The summed E-state index contributed by atoms with van der Waals surface area (Å²) in [5.74, 6) is 0.824. The first-order chi connectivity index (χ1) is 13.1. The smallest absolute Gasteiger partial charge is 0.279 e. The molecule has 3 aromatic rings. The molecule has 0 unspecified atom stereocenters. The van der Waals surface area contributed by atoms with E-state index in [1.807, 2.05) is 0 Å². The third kappa shape index (κ3) is 3.35. The Labute approximate surface area is 157 Å². The van der Waals surface area contributed by atoms with Gasteiger partial charge in [0.2, 0.25) is 11.0 Å². The highest BCUT2D eigenvalue weighted by Crippen LogP contribution is 2.42. The third-order valence-electron chi connectivity index (χ3n) is 4.27. The Bertz CT molecular complexity index is 1070. The fourth-order valence-electron chi connectivity index (χ4n) is 2.77. The molecule has 9 nitrogen and oxygen atoms in total. The first-order valence-corrected chi connectivity index (χ1v) is 9.16. The Morgan fingerprint density at radius 3 is 2.81 bits per heavy atom. The summed E-state index contributed by atoms with van der Waals surface area (Å²) in [6, 6.07) is 3.42. The molecular formula is C17H17N5O4S. The summed E-state index contributed by atoms with van der Waals surface area (Å²) in [5.41, 5.74) is -0.436. The van der Waals surface area contributed by atoms with Crippen molar-refractivity contribution in [3.8, 4) is 11.5 Å². The molecule has 140 valence electrons. The Hall–Kier alpha value is -3.01. The van der Waals surface area contributed by atoms with E-state index in [0.29, 0.717) is 33.3 Å². The molecule has 27 heavy (non-hydrogen) atoms. The van der Waals surface area contributed by atoms with Crippen LogP contribution in [0, 0.1) is 0 Å². The number of fused-ring (bicyclic) bond motifs is 1. The molecule has 1 aliphatic carbocycles. The van der Waals surface area contributed by atoms with Gasteiger partial charge in [0.1, 0.15) is 11.6 Å². The second-order valence-electron chi connectivity index (χ2n) is 6.14. The molecule has 1 aromatic carbocycles. The van der Waals surface area contributed by atoms with Gasteiger partial charge < -0.3 is 9.47 Å². The maximum absolute atomic E-state index is 12.8. The first-order valence-electron chi connectivity index (χ1n) is 8.34. The fraction of sp³-hybridized carbons (Fsp3) is 0.353. The number of carbonyl (C=O) groups is 1. The quantitative estimate of drug-likeness (QED) is 0.687. The van der Waals surface area contributed by atoms with E-state index in [2.05, 4.69) is 20.6 Å². The van der Waals surface area contributed by atoms with Gasteiger partial charge in [0.05, 0.1) is 25.8 Å². The molecule has 1 saturated carbocycles. The molecule has 4 rings (SSSR count). The Morgan fingerprint density at radius 2 is 2.11 bits per heavy atom. The molecule has 0 spiro atoms. The number of anilines is 1. The van der Waals surface area contributed by atoms with Crippen molar-refractivity contribution in [3.63, 3.8) is 0 Å². The van der Waals surface area contributed by atoms with Crippen LogP contribution in [0.2, 0.25) is 0 Å². The zero-order valence-electron chi connectivity index (χ0n) is 14.8. The largest absolute Gasteiger partial charge is 0.493 e. The van der Waals surface area contributed by atoms with Crippen molar-refractivity contribution < 1.29 is 14.3 Å². The maximum atomic E-state index is 12.8. The lowest BCUT2D eigenvalue weighted by Crippen LogP contribution is -2.29. The number of carbonyl (C=O) groups excluding carboxylic acids is 1. The van der Waals surface area contributed by atoms with E-state index in [1.165, 1.54) is 31.8 Å². The molecule has 10 heteroatoms. The number of benzene rings is 1. The predicted molar refractivity (Wildman–Crippen MR) is 99.6 cm³/mol. The van der Waals surface area contributed by atoms with Crippen molar-refractivity contribution in [3.05, 3.63) is 33.7 Å². The van der Waals surface area contributed by atoms with Crippen LogP contribution in [-0.4, -0.2) is 40.1 Å². The first kappa shape index (κ1) is 17.4. The second kappa shape index (κ2) is 6.95. The van der Waals surface area contributed by atoms with Gasteiger partial charge in [-0.1, -0.05) is 11.3 Å². The minimum absolute atomic E-state index is 0.243. The van der Waals surface area contributed by atoms with E-state index in [1.54, 1.807) is 12.1 Å². The van der Waals surface area contributed by atoms with Crippen molar-refractivity contribution >= 4 is 33.1 Å². The molecule has 1 N–H and O–H groups in total. The van der Waals surface area contributed by atoms with E-state index >= 15 is 0 Å². The van der Waals surface area contributed by atoms with Crippen molar-refractivity contribution in [1.29, 1.82) is 0 Å². The summed E-state index contributed by atoms with van der Waals surface area (Å²) < 4.78 is 11.7. The molecule has 0 saturated heterocycles. The van der Waals surface area contributed by atoms with Crippen molar-refractivity contribution in [1.82, 2.24) is 20.0 Å². The monoisotopic (exact) mass is 387 g/mol. The summed E-state index contributed by atoms with van der Waals surface area (Å²) >= 11 is 1.36. The number of rotatable bonds is 6. The van der Waals surface area contributed by atoms with Gasteiger partial charge in [-0.15, -0.1) is 10.2 Å². The zero-order valence-corrected chi connectivity index (χ0v) is 15.6. The Kier molecular flexibility index (Phi) is 4.48. The van der Waals surface area contributed by atoms with Crippen LogP contribution in [0.1, 0.15) is 23.8 Å². The average Bonchev–Trinajstić information content (AvgIpc) is 3.42. The van der Waals surface area contributed by atoms with Gasteiger partial charge in [-0.2, -0.15) is 5.10 Å². The van der Waals surface area contributed by atoms with Gasteiger partial charge in [0, 0.05) is 11.3 Å². The second-order valence-corrected chi connectivity index (χ2v) is 7.15.